The molecule has 0 aliphatic rings. The first-order chi connectivity index (χ1) is 17.0. The zero-order chi connectivity index (χ0) is 26.2. The summed E-state index contributed by atoms with van der Waals surface area (Å²) in [5.74, 6) is -1.33. The number of nitro groups is 1. The number of anilines is 1. The van der Waals surface area contributed by atoms with Crippen molar-refractivity contribution in [1.29, 1.82) is 0 Å². The molecule has 4 aromatic rings. The highest BCUT2D eigenvalue weighted by Gasteiger charge is 2.34. The van der Waals surface area contributed by atoms with E-state index in [4.69, 9.17) is 9.15 Å². The predicted octanol–water partition coefficient (Wildman–Crippen LogP) is 4.78. The van der Waals surface area contributed by atoms with Crippen LogP contribution in [-0.4, -0.2) is 32.3 Å². The third kappa shape index (κ3) is 4.31. The maximum absolute atomic E-state index is 13.8. The molecule has 1 aromatic heterocycles. The number of non-ortho nitro benzene ring substituents is 1. The minimum absolute atomic E-state index is 0.0752. The van der Waals surface area contributed by atoms with Gasteiger partial charge in [0.2, 0.25) is 0 Å². The zero-order valence-electron chi connectivity index (χ0n) is 19.4. The van der Waals surface area contributed by atoms with E-state index in [1.54, 1.807) is 19.1 Å². The van der Waals surface area contributed by atoms with Crippen molar-refractivity contribution < 1.29 is 32.1 Å². The molecule has 0 aliphatic carbocycles. The molecule has 11 heteroatoms. The number of furan rings is 1. The van der Waals surface area contributed by atoms with Gasteiger partial charge in [-0.05, 0) is 50.2 Å². The predicted molar refractivity (Wildman–Crippen MR) is 131 cm³/mol. The number of hydrogen-bond donors (Lipinski definition) is 0. The van der Waals surface area contributed by atoms with Crippen molar-refractivity contribution in [2.45, 2.75) is 18.7 Å². The molecule has 0 atom stereocenters. The van der Waals surface area contributed by atoms with Crippen LogP contribution >= 0.6 is 0 Å². The van der Waals surface area contributed by atoms with E-state index >= 15 is 0 Å². The number of nitrogens with zero attached hydrogens (tertiary/aromatic N) is 2. The summed E-state index contributed by atoms with van der Waals surface area (Å²) in [6, 6.07) is 14.8. The molecule has 0 saturated heterocycles. The molecular formula is C25H20N2O8S. The number of aryl methyl sites for hydroxylation is 2. The number of carbonyl (C=O) groups excluding carboxylic acids is 2. The quantitative estimate of drug-likeness (QED) is 0.206. The summed E-state index contributed by atoms with van der Waals surface area (Å²) in [7, 11) is -3.44. The second kappa shape index (κ2) is 9.27. The largest absolute Gasteiger partial charge is 0.465 e. The summed E-state index contributed by atoms with van der Waals surface area (Å²) >= 11 is 0. The minimum Gasteiger partial charge on any atom is -0.465 e. The number of benzene rings is 3. The molecule has 4 rings (SSSR count). The van der Waals surface area contributed by atoms with E-state index in [0.29, 0.717) is 4.31 Å². The van der Waals surface area contributed by atoms with Crippen LogP contribution in [0.3, 0.4) is 0 Å². The van der Waals surface area contributed by atoms with E-state index in [0.717, 1.165) is 23.8 Å². The van der Waals surface area contributed by atoms with Crippen molar-refractivity contribution in [3.8, 4) is 0 Å². The molecule has 36 heavy (non-hydrogen) atoms. The number of hydrogen-bond acceptors (Lipinski definition) is 8. The highest BCUT2D eigenvalue weighted by molar-refractivity contribution is 7.93. The molecule has 0 fully saturated rings. The van der Waals surface area contributed by atoms with Gasteiger partial charge < -0.3 is 9.15 Å². The number of carbonyl (C=O) groups is 2. The summed E-state index contributed by atoms with van der Waals surface area (Å²) in [6.07, 6.45) is 0. The van der Waals surface area contributed by atoms with Crippen molar-refractivity contribution in [3.05, 3.63) is 99.3 Å². The topological polar surface area (TPSA) is 137 Å². The van der Waals surface area contributed by atoms with Crippen LogP contribution in [0.2, 0.25) is 0 Å². The molecule has 0 saturated carbocycles. The second-order valence-corrected chi connectivity index (χ2v) is 9.69. The molecule has 10 nitrogen and oxygen atoms in total. The molecule has 1 heterocycles. The van der Waals surface area contributed by atoms with Crippen LogP contribution in [0.5, 0.6) is 0 Å². The molecule has 184 valence electrons. The first kappa shape index (κ1) is 24.6. The Morgan fingerprint density at radius 2 is 1.69 bits per heavy atom. The summed E-state index contributed by atoms with van der Waals surface area (Å²) in [4.78, 5) is 36.0. The number of fused-ring (bicyclic) bond motifs is 1. The van der Waals surface area contributed by atoms with Crippen molar-refractivity contribution in [2.24, 2.45) is 0 Å². The lowest BCUT2D eigenvalue weighted by atomic mass is 10.1. The van der Waals surface area contributed by atoms with E-state index in [1.807, 2.05) is 6.92 Å². The lowest BCUT2D eigenvalue weighted by Crippen LogP contribution is -2.37. The van der Waals surface area contributed by atoms with Crippen LogP contribution in [0.25, 0.3) is 11.0 Å². The van der Waals surface area contributed by atoms with Gasteiger partial charge in [-0.2, -0.15) is 4.31 Å². The molecule has 0 aliphatic heterocycles. The third-order valence-electron chi connectivity index (χ3n) is 5.52. The number of rotatable bonds is 6. The summed E-state index contributed by atoms with van der Waals surface area (Å²) in [6.45, 7) is 3.37. The fourth-order valence-electron chi connectivity index (χ4n) is 3.73. The molecule has 0 radical (unpaired) electrons. The Kier molecular flexibility index (Phi) is 6.34. The van der Waals surface area contributed by atoms with Crippen molar-refractivity contribution in [1.82, 2.24) is 0 Å². The smallest absolute Gasteiger partial charge is 0.342 e. The monoisotopic (exact) mass is 508 g/mol. The van der Waals surface area contributed by atoms with Crippen LogP contribution < -0.4 is 4.31 Å². The van der Waals surface area contributed by atoms with Gasteiger partial charge in [-0.3, -0.25) is 14.9 Å². The van der Waals surface area contributed by atoms with Crippen LogP contribution in [-0.2, 0) is 14.8 Å². The average Bonchev–Trinajstić information content (AvgIpc) is 3.19. The van der Waals surface area contributed by atoms with Crippen molar-refractivity contribution in [3.63, 3.8) is 0 Å². The Bertz CT molecular complexity index is 1620. The fraction of sp³-hybridized carbons (Fsp3) is 0.120. The molecule has 0 unspecified atom stereocenters. The Balaban J connectivity index is 1.96. The van der Waals surface area contributed by atoms with E-state index in [2.05, 4.69) is 0 Å². The lowest BCUT2D eigenvalue weighted by Gasteiger charge is -2.23. The van der Waals surface area contributed by atoms with Gasteiger partial charge in [0.25, 0.3) is 21.6 Å². The summed E-state index contributed by atoms with van der Waals surface area (Å²) in [5.41, 5.74) is 0.763. The molecule has 0 bridgehead atoms. The minimum atomic E-state index is -4.64. The number of ether oxygens (including phenoxy) is 1. The van der Waals surface area contributed by atoms with Gasteiger partial charge in [-0.15, -0.1) is 0 Å². The van der Waals surface area contributed by atoms with E-state index < -0.39 is 37.4 Å². The van der Waals surface area contributed by atoms with E-state index in [9.17, 15) is 28.1 Å². The Labute approximate surface area is 205 Å². The number of esters is 1. The van der Waals surface area contributed by atoms with Crippen LogP contribution in [0.15, 0.2) is 76.0 Å². The first-order valence-corrected chi connectivity index (χ1v) is 12.0. The maximum atomic E-state index is 13.8. The Hall–Kier alpha value is -4.51. The van der Waals surface area contributed by atoms with Gasteiger partial charge in [-0.25, -0.2) is 13.2 Å². The second-order valence-electron chi connectivity index (χ2n) is 7.90. The van der Waals surface area contributed by atoms with Crippen molar-refractivity contribution in [2.75, 3.05) is 11.4 Å². The van der Waals surface area contributed by atoms with Crippen molar-refractivity contribution >= 4 is 44.2 Å². The normalized spacial score (nSPS) is 11.3. The average molecular weight is 509 g/mol. The van der Waals surface area contributed by atoms with Gasteiger partial charge in [0, 0.05) is 23.1 Å². The van der Waals surface area contributed by atoms with Gasteiger partial charge in [-0.1, -0.05) is 23.8 Å². The van der Waals surface area contributed by atoms with Crippen LogP contribution in [0, 0.1) is 24.0 Å². The zero-order valence-corrected chi connectivity index (χ0v) is 20.2. The standard InChI is InChI=1S/C25H20N2O8S/c1-15-7-9-17(10-8-15)24(28)26(36(32,33)20-6-4-5-19(13-20)27(30)31)18-11-12-22-21(14-18)23(16(2)35-22)25(29)34-3/h4-14H,1-3H3. The third-order valence-corrected chi connectivity index (χ3v) is 7.23. The summed E-state index contributed by atoms with van der Waals surface area (Å²) < 4.78 is 38.5. The number of sulfonamides is 1. The van der Waals surface area contributed by atoms with Gasteiger partial charge in [0.05, 0.1) is 22.6 Å². The lowest BCUT2D eigenvalue weighted by molar-refractivity contribution is -0.385. The molecule has 1 amide bonds. The number of methoxy groups -OCH3 is 1. The van der Waals surface area contributed by atoms with E-state index in [1.165, 1.54) is 43.5 Å². The van der Waals surface area contributed by atoms with Crippen LogP contribution in [0.1, 0.15) is 32.0 Å². The Morgan fingerprint density at radius 1 is 1.00 bits per heavy atom. The van der Waals surface area contributed by atoms with E-state index in [-0.39, 0.29) is 33.5 Å². The van der Waals surface area contributed by atoms with Gasteiger partial charge >= 0.3 is 5.97 Å². The molecule has 0 spiro atoms. The van der Waals surface area contributed by atoms with Crippen LogP contribution in [0.4, 0.5) is 11.4 Å². The fourth-order valence-corrected chi connectivity index (χ4v) is 5.18. The number of nitro benzene ring substituents is 1. The highest BCUT2D eigenvalue weighted by Crippen LogP contribution is 2.34. The molecular weight excluding hydrogens is 488 g/mol. The summed E-state index contributed by atoms with van der Waals surface area (Å²) in [5, 5.41) is 11.5. The highest BCUT2D eigenvalue weighted by atomic mass is 32.2. The maximum Gasteiger partial charge on any atom is 0.342 e. The first-order valence-electron chi connectivity index (χ1n) is 10.6. The molecule has 0 N–H and O–H groups in total. The SMILES string of the molecule is COC(=O)c1c(C)oc2ccc(N(C(=O)c3ccc(C)cc3)S(=O)(=O)c3cccc([N+](=O)[O-])c3)cc12. The number of amides is 1. The van der Waals surface area contributed by atoms with Gasteiger partial charge in [0.1, 0.15) is 16.9 Å². The van der Waals surface area contributed by atoms with Gasteiger partial charge in [0.15, 0.2) is 0 Å². The Morgan fingerprint density at radius 3 is 2.33 bits per heavy atom. The molecule has 3 aromatic carbocycles.